The van der Waals surface area contributed by atoms with Gasteiger partial charge in [0.25, 0.3) is 5.91 Å². The van der Waals surface area contributed by atoms with Crippen molar-refractivity contribution in [1.82, 2.24) is 4.90 Å². The maximum atomic E-state index is 12.9. The first-order valence-electron chi connectivity index (χ1n) is 11.5. The summed E-state index contributed by atoms with van der Waals surface area (Å²) in [5.41, 5.74) is 2.92. The largest absolute Gasteiger partial charge is 0.490 e. The average Bonchev–Trinajstić information content (AvgIpc) is 3.17. The van der Waals surface area contributed by atoms with E-state index in [9.17, 15) is 9.59 Å². The Morgan fingerprint density at radius 3 is 2.43 bits per heavy atom. The van der Waals surface area contributed by atoms with Gasteiger partial charge in [0.1, 0.15) is 6.61 Å². The van der Waals surface area contributed by atoms with Crippen LogP contribution >= 0.6 is 27.7 Å². The lowest BCUT2D eigenvalue weighted by atomic mass is 10.1. The molecule has 0 N–H and O–H groups in total. The lowest BCUT2D eigenvalue weighted by Gasteiger charge is -2.13. The van der Waals surface area contributed by atoms with E-state index >= 15 is 0 Å². The maximum absolute atomic E-state index is 12.9. The normalized spacial score (nSPS) is 15.4. The Hall–Kier alpha value is -3.56. The number of esters is 1. The van der Waals surface area contributed by atoms with E-state index in [1.807, 2.05) is 55.5 Å². The molecule has 190 valence electrons. The molecular weight excluding hydrogens is 556 g/mol. The quantitative estimate of drug-likeness (QED) is 0.225. The number of methoxy groups -OCH3 is 1. The summed E-state index contributed by atoms with van der Waals surface area (Å²) in [6.07, 6.45) is 1.81. The van der Waals surface area contributed by atoms with Gasteiger partial charge in [-0.3, -0.25) is 9.69 Å². The van der Waals surface area contributed by atoms with Crippen LogP contribution in [0, 0.1) is 0 Å². The standard InChI is InChI=1S/C28H25BrN2O5S/c1-4-35-24-15-19(7-14-23(24)36-17-18-5-10-21(29)11-6-18)16-25-26(32)31(2)28(37-25)30-22-12-8-20(9-13-22)27(33)34-3/h5-16H,4,17H2,1-3H3/b25-16+,30-28?. The predicted molar refractivity (Wildman–Crippen MR) is 149 cm³/mol. The summed E-state index contributed by atoms with van der Waals surface area (Å²) in [5, 5.41) is 0.543. The Morgan fingerprint density at radius 2 is 1.76 bits per heavy atom. The minimum Gasteiger partial charge on any atom is -0.490 e. The summed E-state index contributed by atoms with van der Waals surface area (Å²) in [4.78, 5) is 31.1. The highest BCUT2D eigenvalue weighted by molar-refractivity contribution is 9.10. The van der Waals surface area contributed by atoms with Crippen molar-refractivity contribution in [2.75, 3.05) is 20.8 Å². The molecule has 0 saturated carbocycles. The summed E-state index contributed by atoms with van der Waals surface area (Å²) in [5.74, 6) is 0.677. The van der Waals surface area contributed by atoms with E-state index < -0.39 is 5.97 Å². The molecule has 3 aromatic carbocycles. The molecule has 0 aliphatic carbocycles. The van der Waals surface area contributed by atoms with Gasteiger partial charge in [0.2, 0.25) is 0 Å². The van der Waals surface area contributed by atoms with Crippen molar-refractivity contribution in [3.63, 3.8) is 0 Å². The van der Waals surface area contributed by atoms with E-state index in [4.69, 9.17) is 14.2 Å². The first-order valence-corrected chi connectivity index (χ1v) is 13.1. The van der Waals surface area contributed by atoms with Gasteiger partial charge in [-0.2, -0.15) is 0 Å². The van der Waals surface area contributed by atoms with E-state index in [0.717, 1.165) is 15.6 Å². The second-order valence-electron chi connectivity index (χ2n) is 7.96. The van der Waals surface area contributed by atoms with Crippen LogP contribution < -0.4 is 9.47 Å². The van der Waals surface area contributed by atoms with Crippen LogP contribution in [0.5, 0.6) is 11.5 Å². The fraction of sp³-hybridized carbons (Fsp3) is 0.179. The number of amidine groups is 1. The lowest BCUT2D eigenvalue weighted by molar-refractivity contribution is -0.121. The molecule has 0 bridgehead atoms. The predicted octanol–water partition coefficient (Wildman–Crippen LogP) is 6.45. The van der Waals surface area contributed by atoms with Gasteiger partial charge in [-0.15, -0.1) is 0 Å². The van der Waals surface area contributed by atoms with Crippen molar-refractivity contribution in [1.29, 1.82) is 0 Å². The maximum Gasteiger partial charge on any atom is 0.337 e. The fourth-order valence-electron chi connectivity index (χ4n) is 3.45. The number of rotatable bonds is 8. The second kappa shape index (κ2) is 12.1. The number of aliphatic imine (C=N–C) groups is 1. The molecule has 1 fully saturated rings. The van der Waals surface area contributed by atoms with E-state index in [2.05, 4.69) is 20.9 Å². The van der Waals surface area contributed by atoms with Gasteiger partial charge in [-0.25, -0.2) is 9.79 Å². The molecule has 0 radical (unpaired) electrons. The molecular formula is C28H25BrN2O5S. The van der Waals surface area contributed by atoms with Gasteiger partial charge in [0, 0.05) is 11.5 Å². The van der Waals surface area contributed by atoms with Crippen LogP contribution in [0.3, 0.4) is 0 Å². The topological polar surface area (TPSA) is 77.4 Å². The highest BCUT2D eigenvalue weighted by Crippen LogP contribution is 2.35. The fourth-order valence-corrected chi connectivity index (χ4v) is 4.70. The minimum absolute atomic E-state index is 0.150. The van der Waals surface area contributed by atoms with Crippen LogP contribution in [0.1, 0.15) is 28.4 Å². The Kier molecular flexibility index (Phi) is 8.68. The number of likely N-dealkylation sites (N-methyl/N-ethyl adjacent to an activating group) is 1. The molecule has 0 spiro atoms. The Bertz CT molecular complexity index is 1350. The van der Waals surface area contributed by atoms with E-state index in [-0.39, 0.29) is 5.91 Å². The summed E-state index contributed by atoms with van der Waals surface area (Å²) in [6.45, 7) is 2.80. The molecule has 0 atom stereocenters. The summed E-state index contributed by atoms with van der Waals surface area (Å²) >= 11 is 4.72. The molecule has 1 heterocycles. The van der Waals surface area contributed by atoms with Crippen LogP contribution in [0.2, 0.25) is 0 Å². The Morgan fingerprint density at radius 1 is 1.03 bits per heavy atom. The number of amides is 1. The number of benzene rings is 3. The number of hydrogen-bond donors (Lipinski definition) is 0. The van der Waals surface area contributed by atoms with Gasteiger partial charge in [-0.05, 0) is 84.4 Å². The zero-order valence-electron chi connectivity index (χ0n) is 20.6. The van der Waals surface area contributed by atoms with Gasteiger partial charge in [0.15, 0.2) is 16.7 Å². The monoisotopic (exact) mass is 580 g/mol. The first-order chi connectivity index (χ1) is 17.9. The van der Waals surface area contributed by atoms with Crippen LogP contribution in [0.4, 0.5) is 5.69 Å². The Labute approximate surface area is 228 Å². The third-order valence-electron chi connectivity index (χ3n) is 5.39. The van der Waals surface area contributed by atoms with Gasteiger partial charge in [-0.1, -0.05) is 34.1 Å². The smallest absolute Gasteiger partial charge is 0.337 e. The van der Waals surface area contributed by atoms with Crippen LogP contribution in [-0.4, -0.2) is 42.7 Å². The molecule has 37 heavy (non-hydrogen) atoms. The highest BCUT2D eigenvalue weighted by Gasteiger charge is 2.30. The molecule has 9 heteroatoms. The average molecular weight is 581 g/mol. The lowest BCUT2D eigenvalue weighted by Crippen LogP contribution is -2.23. The first kappa shape index (κ1) is 26.5. The number of ether oxygens (including phenoxy) is 3. The molecule has 1 aliphatic heterocycles. The number of hydrogen-bond acceptors (Lipinski definition) is 7. The highest BCUT2D eigenvalue weighted by atomic mass is 79.9. The summed E-state index contributed by atoms with van der Waals surface area (Å²) in [6, 6.07) is 20.2. The van der Waals surface area contributed by atoms with Crippen molar-refractivity contribution < 1.29 is 23.8 Å². The molecule has 7 nitrogen and oxygen atoms in total. The summed E-state index contributed by atoms with van der Waals surface area (Å²) in [7, 11) is 3.02. The van der Waals surface area contributed by atoms with Crippen LogP contribution in [0.25, 0.3) is 6.08 Å². The van der Waals surface area contributed by atoms with Crippen molar-refractivity contribution in [3.8, 4) is 11.5 Å². The third-order valence-corrected chi connectivity index (χ3v) is 6.98. The molecule has 1 aliphatic rings. The number of nitrogens with zero attached hydrogens (tertiary/aromatic N) is 2. The number of halogens is 1. The van der Waals surface area contributed by atoms with Gasteiger partial charge >= 0.3 is 5.97 Å². The van der Waals surface area contributed by atoms with E-state index in [1.54, 1.807) is 31.3 Å². The number of carbonyl (C=O) groups is 2. The molecule has 3 aromatic rings. The van der Waals surface area contributed by atoms with Crippen LogP contribution in [-0.2, 0) is 16.1 Å². The van der Waals surface area contributed by atoms with Gasteiger partial charge < -0.3 is 14.2 Å². The third kappa shape index (κ3) is 6.61. The zero-order chi connectivity index (χ0) is 26.4. The van der Waals surface area contributed by atoms with E-state index in [1.165, 1.54) is 23.8 Å². The SMILES string of the molecule is CCOc1cc(/C=C2/SC(=Nc3ccc(C(=O)OC)cc3)N(C)C2=O)ccc1OCc1ccc(Br)cc1. The van der Waals surface area contributed by atoms with E-state index in [0.29, 0.717) is 46.0 Å². The summed E-state index contributed by atoms with van der Waals surface area (Å²) < 4.78 is 17.5. The van der Waals surface area contributed by atoms with Crippen molar-refractivity contribution in [2.24, 2.45) is 4.99 Å². The van der Waals surface area contributed by atoms with Crippen molar-refractivity contribution in [2.45, 2.75) is 13.5 Å². The van der Waals surface area contributed by atoms with Crippen molar-refractivity contribution >= 4 is 56.5 Å². The van der Waals surface area contributed by atoms with Gasteiger partial charge in [0.05, 0.1) is 29.9 Å². The Balaban J connectivity index is 1.51. The van der Waals surface area contributed by atoms with Crippen LogP contribution in [0.15, 0.2) is 81.1 Å². The second-order valence-corrected chi connectivity index (χ2v) is 9.89. The molecule has 4 rings (SSSR count). The van der Waals surface area contributed by atoms with Crippen molar-refractivity contribution in [3.05, 3.63) is 92.8 Å². The zero-order valence-corrected chi connectivity index (χ0v) is 23.0. The molecule has 0 unspecified atom stereocenters. The molecule has 0 aromatic heterocycles. The molecule has 1 saturated heterocycles. The number of thioether (sulfide) groups is 1. The molecule has 1 amide bonds. The number of carbonyl (C=O) groups excluding carboxylic acids is 2. The minimum atomic E-state index is -0.414.